The number of allylic oxidation sites excluding steroid dienone is 1. The molecular formula is C15H20O. The Bertz CT molecular complexity index is 390. The van der Waals surface area contributed by atoms with Crippen LogP contribution in [-0.4, -0.2) is 5.11 Å². The normalized spacial score (nSPS) is 24.1. The maximum Gasteiger partial charge on any atom is 0.0933 e. The van der Waals surface area contributed by atoms with Gasteiger partial charge in [0.2, 0.25) is 0 Å². The molecule has 0 saturated heterocycles. The van der Waals surface area contributed by atoms with Gasteiger partial charge in [-0.3, -0.25) is 0 Å². The number of hydrogen-bond donors (Lipinski definition) is 1. The minimum absolute atomic E-state index is 0.252. The monoisotopic (exact) mass is 216 g/mol. The molecular weight excluding hydrogens is 196 g/mol. The highest BCUT2D eigenvalue weighted by Crippen LogP contribution is 2.37. The van der Waals surface area contributed by atoms with E-state index in [1.807, 2.05) is 25.1 Å². The summed E-state index contributed by atoms with van der Waals surface area (Å²) in [6.07, 6.45) is 7.79. The van der Waals surface area contributed by atoms with Gasteiger partial charge in [-0.25, -0.2) is 0 Å². The zero-order chi connectivity index (χ0) is 11.6. The molecule has 0 bridgehead atoms. The first-order valence-corrected chi connectivity index (χ1v) is 6.07. The fourth-order valence-corrected chi connectivity index (χ4v) is 2.62. The minimum atomic E-state index is -0.734. The molecule has 1 aliphatic rings. The zero-order valence-electron chi connectivity index (χ0n) is 10.1. The average molecular weight is 216 g/mol. The molecule has 1 N–H and O–H groups in total. The van der Waals surface area contributed by atoms with Gasteiger partial charge in [0.05, 0.1) is 5.60 Å². The van der Waals surface area contributed by atoms with Crippen LogP contribution in [0.3, 0.4) is 0 Å². The van der Waals surface area contributed by atoms with Gasteiger partial charge in [-0.2, -0.15) is 0 Å². The minimum Gasteiger partial charge on any atom is -0.385 e. The van der Waals surface area contributed by atoms with E-state index in [1.165, 1.54) is 12.0 Å². The van der Waals surface area contributed by atoms with Gasteiger partial charge in [-0.05, 0) is 44.2 Å². The number of hydrogen-bond acceptors (Lipinski definition) is 1. The average Bonchev–Trinajstić information content (AvgIpc) is 2.30. The third-order valence-electron chi connectivity index (χ3n) is 3.67. The molecule has 0 amide bonds. The molecule has 1 nitrogen and oxygen atoms in total. The summed E-state index contributed by atoms with van der Waals surface area (Å²) < 4.78 is 0. The molecule has 2 atom stereocenters. The Morgan fingerprint density at radius 3 is 2.69 bits per heavy atom. The maximum atomic E-state index is 10.7. The predicted octanol–water partition coefficient (Wildman–Crippen LogP) is 3.56. The molecule has 2 rings (SSSR count). The standard InChI is InChI=1S/C15H20O/c1-12-8-6-7-11-14(12)15(2,16)13-9-4-3-5-10-13/h4,6-9,11,13,16H,3,5,10H2,1-2H3/t13-,15-/m1/s1. The van der Waals surface area contributed by atoms with E-state index in [-0.39, 0.29) is 5.92 Å². The Hall–Kier alpha value is -1.08. The smallest absolute Gasteiger partial charge is 0.0933 e. The van der Waals surface area contributed by atoms with E-state index in [0.717, 1.165) is 18.4 Å². The van der Waals surface area contributed by atoms with Crippen molar-refractivity contribution >= 4 is 0 Å². The predicted molar refractivity (Wildman–Crippen MR) is 67.2 cm³/mol. The van der Waals surface area contributed by atoms with Gasteiger partial charge in [0.25, 0.3) is 0 Å². The second kappa shape index (κ2) is 4.42. The third-order valence-corrected chi connectivity index (χ3v) is 3.67. The summed E-state index contributed by atoms with van der Waals surface area (Å²) in [6.45, 7) is 4.01. The van der Waals surface area contributed by atoms with Crippen LogP contribution in [0.25, 0.3) is 0 Å². The fraction of sp³-hybridized carbons (Fsp3) is 0.467. The Morgan fingerprint density at radius 2 is 2.06 bits per heavy atom. The van der Waals surface area contributed by atoms with Gasteiger partial charge in [0.15, 0.2) is 0 Å². The highest BCUT2D eigenvalue weighted by atomic mass is 16.3. The summed E-state index contributed by atoms with van der Waals surface area (Å²) in [5.41, 5.74) is 1.50. The van der Waals surface area contributed by atoms with E-state index >= 15 is 0 Å². The molecule has 1 heteroatoms. The van der Waals surface area contributed by atoms with Crippen LogP contribution in [0.5, 0.6) is 0 Å². The molecule has 1 aromatic carbocycles. The van der Waals surface area contributed by atoms with Crippen LogP contribution in [-0.2, 0) is 5.60 Å². The van der Waals surface area contributed by atoms with Crippen molar-refractivity contribution in [3.8, 4) is 0 Å². The number of benzene rings is 1. The lowest BCUT2D eigenvalue weighted by Gasteiger charge is -2.34. The summed E-state index contributed by atoms with van der Waals surface area (Å²) in [4.78, 5) is 0. The van der Waals surface area contributed by atoms with Crippen molar-refractivity contribution in [2.75, 3.05) is 0 Å². The third kappa shape index (κ3) is 2.05. The highest BCUT2D eigenvalue weighted by Gasteiger charge is 2.33. The van der Waals surface area contributed by atoms with E-state index in [2.05, 4.69) is 25.1 Å². The molecule has 1 aromatic rings. The second-order valence-corrected chi connectivity index (χ2v) is 4.93. The van der Waals surface area contributed by atoms with Crippen LogP contribution in [0, 0.1) is 12.8 Å². The maximum absolute atomic E-state index is 10.7. The van der Waals surface area contributed by atoms with E-state index in [4.69, 9.17) is 0 Å². The SMILES string of the molecule is Cc1ccccc1[C@](C)(O)[C@@H]1C=CCCC1. The lowest BCUT2D eigenvalue weighted by Crippen LogP contribution is -2.32. The Balaban J connectivity index is 2.34. The molecule has 0 aliphatic heterocycles. The first-order chi connectivity index (χ1) is 7.62. The Labute approximate surface area is 97.8 Å². The Kier molecular flexibility index (Phi) is 3.15. The number of aryl methyl sites for hydroxylation is 1. The van der Waals surface area contributed by atoms with Gasteiger partial charge < -0.3 is 5.11 Å². The number of aliphatic hydroxyl groups is 1. The second-order valence-electron chi connectivity index (χ2n) is 4.93. The quantitative estimate of drug-likeness (QED) is 0.749. The summed E-state index contributed by atoms with van der Waals surface area (Å²) in [5, 5.41) is 10.7. The first-order valence-electron chi connectivity index (χ1n) is 6.07. The molecule has 0 spiro atoms. The van der Waals surface area contributed by atoms with Crippen LogP contribution in [0.1, 0.15) is 37.3 Å². The highest BCUT2D eigenvalue weighted by molar-refractivity contribution is 5.32. The largest absolute Gasteiger partial charge is 0.385 e. The van der Waals surface area contributed by atoms with E-state index in [9.17, 15) is 5.11 Å². The van der Waals surface area contributed by atoms with Crippen LogP contribution in [0.15, 0.2) is 36.4 Å². The molecule has 0 radical (unpaired) electrons. The van der Waals surface area contributed by atoms with Crippen LogP contribution in [0.2, 0.25) is 0 Å². The van der Waals surface area contributed by atoms with Crippen LogP contribution < -0.4 is 0 Å². The molecule has 0 fully saturated rings. The summed E-state index contributed by atoms with van der Waals surface area (Å²) in [5.74, 6) is 0.252. The first kappa shape index (κ1) is 11.4. The Morgan fingerprint density at radius 1 is 1.31 bits per heavy atom. The van der Waals surface area contributed by atoms with Gasteiger partial charge in [0, 0.05) is 5.92 Å². The van der Waals surface area contributed by atoms with Crippen molar-refractivity contribution < 1.29 is 5.11 Å². The molecule has 0 aromatic heterocycles. The lowest BCUT2D eigenvalue weighted by molar-refractivity contribution is 0.00744. The zero-order valence-corrected chi connectivity index (χ0v) is 10.1. The van der Waals surface area contributed by atoms with Crippen molar-refractivity contribution in [1.29, 1.82) is 0 Å². The van der Waals surface area contributed by atoms with E-state index in [0.29, 0.717) is 0 Å². The van der Waals surface area contributed by atoms with Crippen molar-refractivity contribution in [2.45, 2.75) is 38.7 Å². The summed E-state index contributed by atoms with van der Waals surface area (Å²) in [6, 6.07) is 8.13. The lowest BCUT2D eigenvalue weighted by atomic mass is 9.76. The summed E-state index contributed by atoms with van der Waals surface area (Å²) in [7, 11) is 0. The summed E-state index contributed by atoms with van der Waals surface area (Å²) >= 11 is 0. The molecule has 0 heterocycles. The molecule has 1 aliphatic carbocycles. The van der Waals surface area contributed by atoms with E-state index in [1.54, 1.807) is 0 Å². The molecule has 16 heavy (non-hydrogen) atoms. The fourth-order valence-electron chi connectivity index (χ4n) is 2.62. The van der Waals surface area contributed by atoms with Crippen LogP contribution in [0.4, 0.5) is 0 Å². The van der Waals surface area contributed by atoms with Gasteiger partial charge in [-0.15, -0.1) is 0 Å². The van der Waals surface area contributed by atoms with Gasteiger partial charge >= 0.3 is 0 Å². The topological polar surface area (TPSA) is 20.2 Å². The van der Waals surface area contributed by atoms with Crippen molar-refractivity contribution in [3.05, 3.63) is 47.5 Å². The van der Waals surface area contributed by atoms with Gasteiger partial charge in [-0.1, -0.05) is 36.4 Å². The van der Waals surface area contributed by atoms with Crippen molar-refractivity contribution in [3.63, 3.8) is 0 Å². The van der Waals surface area contributed by atoms with E-state index < -0.39 is 5.60 Å². The molecule has 0 saturated carbocycles. The van der Waals surface area contributed by atoms with Gasteiger partial charge in [0.1, 0.15) is 0 Å². The molecule has 86 valence electrons. The van der Waals surface area contributed by atoms with Crippen molar-refractivity contribution in [1.82, 2.24) is 0 Å². The number of rotatable bonds is 2. The van der Waals surface area contributed by atoms with Crippen molar-refractivity contribution in [2.24, 2.45) is 5.92 Å². The molecule has 0 unspecified atom stereocenters. The van der Waals surface area contributed by atoms with Crippen LogP contribution >= 0.6 is 0 Å².